The molecule has 0 amide bonds. The summed E-state index contributed by atoms with van der Waals surface area (Å²) in [5.41, 5.74) is 1.70. The molecule has 2 unspecified atom stereocenters. The standard InChI is InChI=1S/C22H28N6O3/c1-15-12-27(13-16(2)31-15)20-11-19(26-7-9-30-10-8-26)24-22(25-20)28-14-23-21-17(28)5-4-6-18(21)29-3/h4-6,11,14-16H,7-10,12-13H2,1-3H3. The maximum atomic E-state index is 5.93. The Morgan fingerprint density at radius 3 is 2.42 bits per heavy atom. The summed E-state index contributed by atoms with van der Waals surface area (Å²) >= 11 is 0. The number of methoxy groups -OCH3 is 1. The van der Waals surface area contributed by atoms with Gasteiger partial charge in [-0.1, -0.05) is 6.07 Å². The Balaban J connectivity index is 1.61. The number of imidazole rings is 1. The Bertz CT molecular complexity index is 1050. The molecule has 0 bridgehead atoms. The van der Waals surface area contributed by atoms with E-state index in [0.717, 1.165) is 54.6 Å². The minimum absolute atomic E-state index is 0.146. The number of hydrogen-bond acceptors (Lipinski definition) is 8. The molecule has 2 aliphatic rings. The van der Waals surface area contributed by atoms with Crippen LogP contribution in [-0.2, 0) is 9.47 Å². The van der Waals surface area contributed by atoms with Gasteiger partial charge in [-0.15, -0.1) is 0 Å². The number of morpholine rings is 2. The first kappa shape index (κ1) is 20.0. The largest absolute Gasteiger partial charge is 0.494 e. The van der Waals surface area contributed by atoms with Crippen LogP contribution in [-0.4, -0.2) is 78.2 Å². The second-order valence-corrected chi connectivity index (χ2v) is 8.09. The number of rotatable bonds is 4. The summed E-state index contributed by atoms with van der Waals surface area (Å²) < 4.78 is 18.9. The zero-order valence-electron chi connectivity index (χ0n) is 18.2. The first-order valence-corrected chi connectivity index (χ1v) is 10.7. The van der Waals surface area contributed by atoms with E-state index in [4.69, 9.17) is 24.2 Å². The predicted octanol–water partition coefficient (Wildman–Crippen LogP) is 2.27. The van der Waals surface area contributed by atoms with Crippen molar-refractivity contribution in [1.82, 2.24) is 19.5 Å². The SMILES string of the molecule is COc1cccc2c1ncn2-c1nc(N2CCOCC2)cc(N2CC(C)OC(C)C2)n1. The molecule has 0 saturated carbocycles. The third kappa shape index (κ3) is 3.90. The van der Waals surface area contributed by atoms with Crippen LogP contribution < -0.4 is 14.5 Å². The van der Waals surface area contributed by atoms with Crippen molar-refractivity contribution in [3.05, 3.63) is 30.6 Å². The molecule has 2 fully saturated rings. The van der Waals surface area contributed by atoms with Gasteiger partial charge in [-0.05, 0) is 26.0 Å². The molecule has 9 nitrogen and oxygen atoms in total. The van der Waals surface area contributed by atoms with Gasteiger partial charge in [-0.2, -0.15) is 9.97 Å². The molecule has 31 heavy (non-hydrogen) atoms. The average molecular weight is 425 g/mol. The lowest BCUT2D eigenvalue weighted by Crippen LogP contribution is -2.46. The van der Waals surface area contributed by atoms with Crippen LogP contribution in [0.1, 0.15) is 13.8 Å². The molecule has 0 radical (unpaired) electrons. The van der Waals surface area contributed by atoms with Crippen molar-refractivity contribution in [2.45, 2.75) is 26.1 Å². The molecule has 5 rings (SSSR count). The zero-order chi connectivity index (χ0) is 21.4. The summed E-state index contributed by atoms with van der Waals surface area (Å²) in [7, 11) is 1.65. The van der Waals surface area contributed by atoms with E-state index in [0.29, 0.717) is 19.2 Å². The number of anilines is 2. The van der Waals surface area contributed by atoms with E-state index in [2.05, 4.69) is 34.7 Å². The molecule has 0 spiro atoms. The highest BCUT2D eigenvalue weighted by Crippen LogP contribution is 2.28. The summed E-state index contributed by atoms with van der Waals surface area (Å²) in [5.74, 6) is 3.14. The third-order valence-corrected chi connectivity index (χ3v) is 5.74. The fourth-order valence-corrected chi connectivity index (χ4v) is 4.34. The van der Waals surface area contributed by atoms with Gasteiger partial charge in [-0.3, -0.25) is 4.57 Å². The first-order chi connectivity index (χ1) is 15.1. The summed E-state index contributed by atoms with van der Waals surface area (Å²) in [5, 5.41) is 0. The van der Waals surface area contributed by atoms with Crippen molar-refractivity contribution >= 4 is 22.7 Å². The number of nitrogens with zero attached hydrogens (tertiary/aromatic N) is 6. The average Bonchev–Trinajstić information content (AvgIpc) is 3.23. The van der Waals surface area contributed by atoms with Crippen molar-refractivity contribution in [1.29, 1.82) is 0 Å². The molecule has 2 saturated heterocycles. The molecule has 9 heteroatoms. The number of para-hydroxylation sites is 1. The second kappa shape index (κ2) is 8.32. The molecule has 4 heterocycles. The van der Waals surface area contributed by atoms with Gasteiger partial charge >= 0.3 is 0 Å². The normalized spacial score (nSPS) is 22.2. The molecule has 0 N–H and O–H groups in total. The summed E-state index contributed by atoms with van der Waals surface area (Å²) in [6, 6.07) is 7.96. The predicted molar refractivity (Wildman–Crippen MR) is 118 cm³/mol. The summed E-state index contributed by atoms with van der Waals surface area (Å²) in [6.45, 7) is 8.81. The van der Waals surface area contributed by atoms with Gasteiger partial charge in [0.15, 0.2) is 0 Å². The van der Waals surface area contributed by atoms with Crippen LogP contribution in [0.3, 0.4) is 0 Å². The molecule has 1 aromatic carbocycles. The van der Waals surface area contributed by atoms with Gasteiger partial charge in [0.05, 0.1) is 38.0 Å². The third-order valence-electron chi connectivity index (χ3n) is 5.74. The van der Waals surface area contributed by atoms with Crippen LogP contribution in [0.5, 0.6) is 5.75 Å². The molecule has 0 aliphatic carbocycles. The van der Waals surface area contributed by atoms with E-state index in [9.17, 15) is 0 Å². The van der Waals surface area contributed by atoms with Gasteiger partial charge in [0.2, 0.25) is 5.95 Å². The quantitative estimate of drug-likeness (QED) is 0.631. The van der Waals surface area contributed by atoms with Gasteiger partial charge < -0.3 is 24.0 Å². The van der Waals surface area contributed by atoms with E-state index in [1.807, 2.05) is 22.8 Å². The molecular weight excluding hydrogens is 396 g/mol. The molecule has 2 aromatic heterocycles. The van der Waals surface area contributed by atoms with Gasteiger partial charge in [-0.25, -0.2) is 4.98 Å². The van der Waals surface area contributed by atoms with Gasteiger partial charge in [0.25, 0.3) is 0 Å². The van der Waals surface area contributed by atoms with E-state index in [1.54, 1.807) is 13.4 Å². The Morgan fingerprint density at radius 2 is 1.71 bits per heavy atom. The van der Waals surface area contributed by atoms with E-state index < -0.39 is 0 Å². The van der Waals surface area contributed by atoms with E-state index >= 15 is 0 Å². The molecular formula is C22H28N6O3. The van der Waals surface area contributed by atoms with Crippen LogP contribution in [0.15, 0.2) is 30.6 Å². The highest BCUT2D eigenvalue weighted by Gasteiger charge is 2.26. The Hall–Kier alpha value is -2.91. The molecule has 2 atom stereocenters. The lowest BCUT2D eigenvalue weighted by Gasteiger charge is -2.36. The Kier molecular flexibility index (Phi) is 5.37. The number of hydrogen-bond donors (Lipinski definition) is 0. The highest BCUT2D eigenvalue weighted by molar-refractivity contribution is 5.83. The van der Waals surface area contributed by atoms with E-state index in [1.165, 1.54) is 0 Å². The molecule has 164 valence electrons. The maximum Gasteiger partial charge on any atom is 0.239 e. The fraction of sp³-hybridized carbons (Fsp3) is 0.500. The smallest absolute Gasteiger partial charge is 0.239 e. The molecule has 2 aliphatic heterocycles. The van der Waals surface area contributed by atoms with Gasteiger partial charge in [0.1, 0.15) is 29.2 Å². The maximum absolute atomic E-state index is 5.93. The number of fused-ring (bicyclic) bond motifs is 1. The number of aromatic nitrogens is 4. The zero-order valence-corrected chi connectivity index (χ0v) is 18.2. The van der Waals surface area contributed by atoms with Crippen molar-refractivity contribution in [2.75, 3.05) is 56.3 Å². The van der Waals surface area contributed by atoms with Crippen molar-refractivity contribution < 1.29 is 14.2 Å². The van der Waals surface area contributed by atoms with Gasteiger partial charge in [0, 0.05) is 32.2 Å². The monoisotopic (exact) mass is 424 g/mol. The van der Waals surface area contributed by atoms with Crippen LogP contribution in [0.2, 0.25) is 0 Å². The van der Waals surface area contributed by atoms with Crippen molar-refractivity contribution in [3.8, 4) is 11.7 Å². The second-order valence-electron chi connectivity index (χ2n) is 8.09. The van der Waals surface area contributed by atoms with Crippen LogP contribution in [0.25, 0.3) is 17.0 Å². The van der Waals surface area contributed by atoms with E-state index in [-0.39, 0.29) is 12.2 Å². The minimum Gasteiger partial charge on any atom is -0.494 e. The number of ether oxygens (including phenoxy) is 3. The Labute approximate surface area is 181 Å². The summed E-state index contributed by atoms with van der Waals surface area (Å²) in [6.07, 6.45) is 2.06. The van der Waals surface area contributed by atoms with Crippen LogP contribution >= 0.6 is 0 Å². The molecule has 3 aromatic rings. The lowest BCUT2D eigenvalue weighted by atomic mass is 10.2. The van der Waals surface area contributed by atoms with Crippen molar-refractivity contribution in [2.24, 2.45) is 0 Å². The minimum atomic E-state index is 0.146. The van der Waals surface area contributed by atoms with Crippen LogP contribution in [0, 0.1) is 0 Å². The van der Waals surface area contributed by atoms with Crippen molar-refractivity contribution in [3.63, 3.8) is 0 Å². The fourth-order valence-electron chi connectivity index (χ4n) is 4.34. The number of benzene rings is 1. The highest BCUT2D eigenvalue weighted by atomic mass is 16.5. The Morgan fingerprint density at radius 1 is 1.00 bits per heavy atom. The summed E-state index contributed by atoms with van der Waals surface area (Å²) in [4.78, 5) is 19.0. The first-order valence-electron chi connectivity index (χ1n) is 10.7. The topological polar surface area (TPSA) is 77.8 Å². The van der Waals surface area contributed by atoms with Crippen LogP contribution in [0.4, 0.5) is 11.6 Å². The lowest BCUT2D eigenvalue weighted by molar-refractivity contribution is -0.00546.